The van der Waals surface area contributed by atoms with Crippen LogP contribution in [0.2, 0.25) is 10.0 Å². The first-order chi connectivity index (χ1) is 20.2. The summed E-state index contributed by atoms with van der Waals surface area (Å²) in [5.74, 6) is -5.95. The minimum atomic E-state index is -5.05. The van der Waals surface area contributed by atoms with Crippen LogP contribution in [0.15, 0.2) is 36.5 Å². The minimum Gasteiger partial charge on any atom is -0.496 e. The van der Waals surface area contributed by atoms with Gasteiger partial charge in [0.15, 0.2) is 11.5 Å². The SMILES string of the molecule is COc1cc(Cl)cc(Cl)c1C(=O)CC(NC(=O)c1cnn(C2CCC(C(=O)O)CC2)c1C(F)(F)F)c1cc(F)cc(F)c1. The summed E-state index contributed by atoms with van der Waals surface area (Å²) in [6.45, 7) is 0. The highest BCUT2D eigenvalue weighted by Crippen LogP contribution is 2.39. The van der Waals surface area contributed by atoms with Crippen molar-refractivity contribution in [2.45, 2.75) is 50.4 Å². The topological polar surface area (TPSA) is 111 Å². The van der Waals surface area contributed by atoms with Gasteiger partial charge in [-0.1, -0.05) is 23.2 Å². The average Bonchev–Trinajstić information content (AvgIpc) is 3.38. The molecule has 230 valence electrons. The molecule has 0 bridgehead atoms. The Hall–Kier alpha value is -3.71. The molecule has 0 spiro atoms. The van der Waals surface area contributed by atoms with E-state index in [1.807, 2.05) is 0 Å². The van der Waals surface area contributed by atoms with Gasteiger partial charge in [0.25, 0.3) is 5.91 Å². The minimum absolute atomic E-state index is 0.0312. The number of carboxylic acid groups (broad SMARTS) is 1. The lowest BCUT2D eigenvalue weighted by Gasteiger charge is -2.28. The number of halogens is 7. The van der Waals surface area contributed by atoms with Crippen molar-refractivity contribution in [1.29, 1.82) is 0 Å². The molecular formula is C28H24Cl2F5N3O5. The number of aliphatic carboxylic acids is 1. The first kappa shape index (κ1) is 32.2. The second-order valence-electron chi connectivity index (χ2n) is 10.0. The van der Waals surface area contributed by atoms with Crippen molar-refractivity contribution in [2.24, 2.45) is 5.92 Å². The summed E-state index contributed by atoms with van der Waals surface area (Å²) in [7, 11) is 1.24. The molecule has 2 N–H and O–H groups in total. The van der Waals surface area contributed by atoms with Gasteiger partial charge < -0.3 is 15.2 Å². The third-order valence-corrected chi connectivity index (χ3v) is 7.72. The van der Waals surface area contributed by atoms with E-state index in [1.54, 1.807) is 0 Å². The Balaban J connectivity index is 1.69. The third-order valence-electron chi connectivity index (χ3n) is 7.20. The number of amides is 1. The molecule has 3 aromatic rings. The van der Waals surface area contributed by atoms with Crippen LogP contribution >= 0.6 is 23.2 Å². The Morgan fingerprint density at radius 3 is 2.26 bits per heavy atom. The molecule has 15 heteroatoms. The third kappa shape index (κ3) is 7.27. The Labute approximate surface area is 251 Å². The molecule has 1 aliphatic rings. The Bertz CT molecular complexity index is 1530. The van der Waals surface area contributed by atoms with E-state index in [4.69, 9.17) is 27.9 Å². The molecule has 0 aliphatic heterocycles. The number of alkyl halides is 3. The van der Waals surface area contributed by atoms with Crippen molar-refractivity contribution in [3.63, 3.8) is 0 Å². The van der Waals surface area contributed by atoms with Crippen LogP contribution in [0, 0.1) is 17.6 Å². The second kappa shape index (κ2) is 12.9. The Morgan fingerprint density at radius 2 is 1.70 bits per heavy atom. The van der Waals surface area contributed by atoms with E-state index < -0.39 is 71.2 Å². The summed E-state index contributed by atoms with van der Waals surface area (Å²) >= 11 is 12.2. The predicted octanol–water partition coefficient (Wildman–Crippen LogP) is 7.06. The monoisotopic (exact) mass is 647 g/mol. The number of hydrogen-bond donors (Lipinski definition) is 2. The van der Waals surface area contributed by atoms with E-state index in [0.29, 0.717) is 16.9 Å². The number of carbonyl (C=O) groups is 3. The lowest BCUT2D eigenvalue weighted by atomic mass is 9.86. The first-order valence-electron chi connectivity index (χ1n) is 12.9. The molecular weight excluding hydrogens is 624 g/mol. The lowest BCUT2D eigenvalue weighted by Crippen LogP contribution is -2.33. The first-order valence-corrected chi connectivity index (χ1v) is 13.7. The largest absolute Gasteiger partial charge is 0.496 e. The summed E-state index contributed by atoms with van der Waals surface area (Å²) in [6.07, 6.45) is -4.58. The van der Waals surface area contributed by atoms with Crippen molar-refractivity contribution in [1.82, 2.24) is 15.1 Å². The summed E-state index contributed by atoms with van der Waals surface area (Å²) < 4.78 is 77.0. The van der Waals surface area contributed by atoms with E-state index in [1.165, 1.54) is 19.2 Å². The highest BCUT2D eigenvalue weighted by Gasteiger charge is 2.43. The van der Waals surface area contributed by atoms with Gasteiger partial charge in [0.1, 0.15) is 17.4 Å². The zero-order chi connectivity index (χ0) is 31.6. The molecule has 1 amide bonds. The van der Waals surface area contributed by atoms with Gasteiger partial charge in [-0.05, 0) is 55.5 Å². The van der Waals surface area contributed by atoms with Gasteiger partial charge in [-0.3, -0.25) is 19.1 Å². The van der Waals surface area contributed by atoms with E-state index in [2.05, 4.69) is 10.4 Å². The molecule has 1 atom stereocenters. The molecule has 2 aromatic carbocycles. The van der Waals surface area contributed by atoms with Crippen LogP contribution in [0.25, 0.3) is 0 Å². The van der Waals surface area contributed by atoms with Gasteiger partial charge >= 0.3 is 12.1 Å². The number of benzene rings is 2. The second-order valence-corrected chi connectivity index (χ2v) is 10.9. The van der Waals surface area contributed by atoms with Crippen LogP contribution in [-0.2, 0) is 11.0 Å². The van der Waals surface area contributed by atoms with Crippen LogP contribution in [-0.4, -0.2) is 39.7 Å². The number of carboxylic acids is 1. The average molecular weight is 648 g/mol. The number of ketones is 1. The van der Waals surface area contributed by atoms with Gasteiger partial charge in [0, 0.05) is 17.5 Å². The van der Waals surface area contributed by atoms with Crippen LogP contribution in [0.1, 0.15) is 76.2 Å². The Morgan fingerprint density at radius 1 is 1.07 bits per heavy atom. The van der Waals surface area contributed by atoms with Crippen LogP contribution < -0.4 is 10.1 Å². The zero-order valence-electron chi connectivity index (χ0n) is 22.4. The molecule has 1 fully saturated rings. The molecule has 1 aromatic heterocycles. The van der Waals surface area contributed by atoms with Crippen molar-refractivity contribution in [3.05, 3.63) is 80.6 Å². The van der Waals surface area contributed by atoms with Crippen molar-refractivity contribution in [2.75, 3.05) is 7.11 Å². The fraction of sp³-hybridized carbons (Fsp3) is 0.357. The number of Topliss-reactive ketones (excluding diaryl/α,β-unsaturated/α-hetero) is 1. The normalized spacial score (nSPS) is 17.8. The number of rotatable bonds is 9. The molecule has 43 heavy (non-hydrogen) atoms. The van der Waals surface area contributed by atoms with Crippen molar-refractivity contribution in [3.8, 4) is 5.75 Å². The number of ether oxygens (including phenoxy) is 1. The fourth-order valence-electron chi connectivity index (χ4n) is 5.19. The summed E-state index contributed by atoms with van der Waals surface area (Å²) in [5.41, 5.74) is -2.66. The standard InChI is InChI=1S/C28H24Cl2F5N3O5/c1-43-23-9-15(29)8-20(30)24(23)22(39)11-21(14-6-16(31)10-17(32)7-14)37-26(40)19-12-36-38(25(19)28(33,34)35)18-4-2-13(3-5-18)27(41)42/h6-10,12-13,18,21H,2-5,11H2,1H3,(H,37,40)(H,41,42). The maximum absolute atomic E-state index is 14.3. The number of nitrogens with zero attached hydrogens (tertiary/aromatic N) is 2. The number of methoxy groups -OCH3 is 1. The Kier molecular flexibility index (Phi) is 9.65. The molecule has 0 radical (unpaired) electrons. The van der Waals surface area contributed by atoms with Gasteiger partial charge in [-0.2, -0.15) is 18.3 Å². The molecule has 1 saturated carbocycles. The van der Waals surface area contributed by atoms with E-state index in [-0.39, 0.29) is 52.6 Å². The van der Waals surface area contributed by atoms with Gasteiger partial charge in [-0.25, -0.2) is 8.78 Å². The maximum Gasteiger partial charge on any atom is 0.433 e. The molecule has 1 aliphatic carbocycles. The maximum atomic E-state index is 14.3. The van der Waals surface area contributed by atoms with Gasteiger partial charge in [0.2, 0.25) is 0 Å². The lowest BCUT2D eigenvalue weighted by molar-refractivity contribution is -0.147. The summed E-state index contributed by atoms with van der Waals surface area (Å²) in [4.78, 5) is 38.0. The fourth-order valence-corrected chi connectivity index (χ4v) is 5.77. The van der Waals surface area contributed by atoms with Crippen LogP contribution in [0.5, 0.6) is 5.75 Å². The number of carbonyl (C=O) groups excluding carboxylic acids is 2. The van der Waals surface area contributed by atoms with Gasteiger partial charge in [-0.15, -0.1) is 0 Å². The summed E-state index contributed by atoms with van der Waals surface area (Å²) in [6, 6.07) is 2.43. The predicted molar refractivity (Wildman–Crippen MR) is 144 cm³/mol. The number of nitrogens with one attached hydrogen (secondary N) is 1. The molecule has 4 rings (SSSR count). The van der Waals surface area contributed by atoms with Crippen LogP contribution in [0.4, 0.5) is 22.0 Å². The van der Waals surface area contributed by atoms with Gasteiger partial charge in [0.05, 0.1) is 47.5 Å². The van der Waals surface area contributed by atoms with Crippen molar-refractivity contribution < 1.29 is 46.2 Å². The van der Waals surface area contributed by atoms with Crippen LogP contribution in [0.3, 0.4) is 0 Å². The molecule has 1 unspecified atom stereocenters. The molecule has 8 nitrogen and oxygen atoms in total. The van der Waals surface area contributed by atoms with Crippen molar-refractivity contribution >= 4 is 40.9 Å². The van der Waals surface area contributed by atoms with E-state index >= 15 is 0 Å². The number of aromatic nitrogens is 2. The molecule has 1 heterocycles. The van der Waals surface area contributed by atoms with E-state index in [9.17, 15) is 41.4 Å². The highest BCUT2D eigenvalue weighted by atomic mass is 35.5. The zero-order valence-corrected chi connectivity index (χ0v) is 23.9. The summed E-state index contributed by atoms with van der Waals surface area (Å²) in [5, 5.41) is 15.3. The smallest absolute Gasteiger partial charge is 0.433 e. The van der Waals surface area contributed by atoms with E-state index in [0.717, 1.165) is 12.1 Å². The molecule has 0 saturated heterocycles. The number of hydrogen-bond acceptors (Lipinski definition) is 5. The highest BCUT2D eigenvalue weighted by molar-refractivity contribution is 6.37. The quantitative estimate of drug-likeness (QED) is 0.190.